The molecule has 0 aromatic heterocycles. The van der Waals surface area contributed by atoms with Crippen LogP contribution in [0.1, 0.15) is 31.2 Å². The number of rotatable bonds is 9. The number of halogens is 1. The van der Waals surface area contributed by atoms with E-state index >= 15 is 0 Å². The second-order valence-corrected chi connectivity index (χ2v) is 4.39. The Kier molecular flexibility index (Phi) is 7.85. The molecule has 2 nitrogen and oxygen atoms in total. The number of methoxy groups -OCH3 is 1. The van der Waals surface area contributed by atoms with Crippen LogP contribution in [0.5, 0.6) is 5.75 Å². The van der Waals surface area contributed by atoms with Crippen LogP contribution in [0.4, 0.5) is 0 Å². The Morgan fingerprint density at radius 3 is 2.71 bits per heavy atom. The lowest BCUT2D eigenvalue weighted by molar-refractivity contribution is 0.116. The molecular weight excluding hydrogens is 236 g/mol. The molecule has 3 heteroatoms. The first-order chi connectivity index (χ1) is 8.36. The number of hydrogen-bond donors (Lipinski definition) is 0. The zero-order chi connectivity index (χ0) is 12.3. The third-order valence-electron chi connectivity index (χ3n) is 2.58. The first-order valence-corrected chi connectivity index (χ1v) is 6.67. The van der Waals surface area contributed by atoms with Crippen molar-refractivity contribution in [3.05, 3.63) is 29.8 Å². The largest absolute Gasteiger partial charge is 0.497 e. The Bertz CT molecular complexity index is 302. The van der Waals surface area contributed by atoms with E-state index in [1.54, 1.807) is 7.11 Å². The van der Waals surface area contributed by atoms with Crippen LogP contribution < -0.4 is 4.74 Å². The Hall–Kier alpha value is -0.730. The zero-order valence-electron chi connectivity index (χ0n) is 10.5. The van der Waals surface area contributed by atoms with E-state index in [-0.39, 0.29) is 0 Å². The number of ether oxygens (including phenoxy) is 2. The standard InChI is InChI=1S/C14H21ClO2/c1-16-14-8-6-7-13(11-14)12-17-10-5-3-2-4-9-15/h6-8,11H,2-5,9-10,12H2,1H3. The third kappa shape index (κ3) is 6.54. The summed E-state index contributed by atoms with van der Waals surface area (Å²) in [5, 5.41) is 0. The predicted molar refractivity (Wildman–Crippen MR) is 71.8 cm³/mol. The van der Waals surface area contributed by atoms with Crippen molar-refractivity contribution in [3.63, 3.8) is 0 Å². The minimum atomic E-state index is 0.659. The van der Waals surface area contributed by atoms with Crippen LogP contribution in [0.25, 0.3) is 0 Å². The molecule has 17 heavy (non-hydrogen) atoms. The topological polar surface area (TPSA) is 18.5 Å². The second kappa shape index (κ2) is 9.32. The highest BCUT2D eigenvalue weighted by atomic mass is 35.5. The van der Waals surface area contributed by atoms with E-state index in [0.29, 0.717) is 6.61 Å². The zero-order valence-corrected chi connectivity index (χ0v) is 11.2. The summed E-state index contributed by atoms with van der Waals surface area (Å²) in [6, 6.07) is 7.98. The molecule has 0 aliphatic heterocycles. The summed E-state index contributed by atoms with van der Waals surface area (Å²) in [7, 11) is 1.68. The van der Waals surface area contributed by atoms with Gasteiger partial charge in [0.05, 0.1) is 13.7 Å². The van der Waals surface area contributed by atoms with Gasteiger partial charge in [0.25, 0.3) is 0 Å². The van der Waals surface area contributed by atoms with E-state index in [9.17, 15) is 0 Å². The number of benzene rings is 1. The molecule has 0 fully saturated rings. The maximum Gasteiger partial charge on any atom is 0.119 e. The molecule has 0 radical (unpaired) electrons. The summed E-state index contributed by atoms with van der Waals surface area (Å²) in [6.45, 7) is 1.48. The van der Waals surface area contributed by atoms with Crippen molar-refractivity contribution >= 4 is 11.6 Å². The van der Waals surface area contributed by atoms with Gasteiger partial charge >= 0.3 is 0 Å². The third-order valence-corrected chi connectivity index (χ3v) is 2.84. The summed E-state index contributed by atoms with van der Waals surface area (Å²) in [4.78, 5) is 0. The molecule has 96 valence electrons. The van der Waals surface area contributed by atoms with Crippen LogP contribution in [-0.4, -0.2) is 19.6 Å². The van der Waals surface area contributed by atoms with Crippen LogP contribution in [-0.2, 0) is 11.3 Å². The fourth-order valence-electron chi connectivity index (χ4n) is 1.60. The maximum atomic E-state index is 5.61. The first-order valence-electron chi connectivity index (χ1n) is 6.13. The fourth-order valence-corrected chi connectivity index (χ4v) is 1.79. The minimum absolute atomic E-state index is 0.659. The second-order valence-electron chi connectivity index (χ2n) is 4.01. The van der Waals surface area contributed by atoms with E-state index in [4.69, 9.17) is 21.1 Å². The summed E-state index contributed by atoms with van der Waals surface area (Å²) >= 11 is 5.61. The van der Waals surface area contributed by atoms with E-state index in [2.05, 4.69) is 6.07 Å². The van der Waals surface area contributed by atoms with Gasteiger partial charge in [0, 0.05) is 12.5 Å². The van der Waals surface area contributed by atoms with Gasteiger partial charge in [0.2, 0.25) is 0 Å². The molecule has 0 heterocycles. The van der Waals surface area contributed by atoms with Crippen molar-refractivity contribution in [2.45, 2.75) is 32.3 Å². The van der Waals surface area contributed by atoms with Gasteiger partial charge in [-0.2, -0.15) is 0 Å². The summed E-state index contributed by atoms with van der Waals surface area (Å²) in [5.74, 6) is 1.65. The lowest BCUT2D eigenvalue weighted by atomic mass is 10.2. The van der Waals surface area contributed by atoms with Gasteiger partial charge in [0.1, 0.15) is 5.75 Å². The van der Waals surface area contributed by atoms with Gasteiger partial charge < -0.3 is 9.47 Å². The molecule has 0 atom stereocenters. The number of unbranched alkanes of at least 4 members (excludes halogenated alkanes) is 3. The molecule has 0 saturated carbocycles. The molecule has 0 spiro atoms. The van der Waals surface area contributed by atoms with Crippen LogP contribution in [0.2, 0.25) is 0 Å². The lowest BCUT2D eigenvalue weighted by Gasteiger charge is -2.06. The monoisotopic (exact) mass is 256 g/mol. The van der Waals surface area contributed by atoms with Crippen molar-refractivity contribution in [1.82, 2.24) is 0 Å². The quantitative estimate of drug-likeness (QED) is 0.491. The SMILES string of the molecule is COc1cccc(COCCCCCCCl)c1. The van der Waals surface area contributed by atoms with Gasteiger partial charge in [-0.3, -0.25) is 0 Å². The normalized spacial score (nSPS) is 10.5. The molecule has 1 aromatic carbocycles. The molecule has 1 aromatic rings. The average molecular weight is 257 g/mol. The molecule has 0 amide bonds. The van der Waals surface area contributed by atoms with Gasteiger partial charge in [-0.05, 0) is 30.5 Å². The molecule has 0 bridgehead atoms. The predicted octanol–water partition coefficient (Wildman–Crippen LogP) is 4.01. The molecular formula is C14H21ClO2. The summed E-state index contributed by atoms with van der Waals surface area (Å²) in [5.41, 5.74) is 1.16. The Morgan fingerprint density at radius 1 is 1.12 bits per heavy atom. The van der Waals surface area contributed by atoms with Crippen LogP contribution >= 0.6 is 11.6 Å². The number of alkyl halides is 1. The van der Waals surface area contributed by atoms with Gasteiger partial charge in [-0.1, -0.05) is 25.0 Å². The van der Waals surface area contributed by atoms with Gasteiger partial charge in [0.15, 0.2) is 0 Å². The summed E-state index contributed by atoms with van der Waals surface area (Å²) < 4.78 is 10.8. The van der Waals surface area contributed by atoms with Crippen molar-refractivity contribution in [2.75, 3.05) is 19.6 Å². The van der Waals surface area contributed by atoms with Crippen LogP contribution in [0, 0.1) is 0 Å². The number of hydrogen-bond acceptors (Lipinski definition) is 2. The smallest absolute Gasteiger partial charge is 0.119 e. The molecule has 0 aliphatic carbocycles. The summed E-state index contributed by atoms with van der Waals surface area (Å²) in [6.07, 6.45) is 4.62. The van der Waals surface area contributed by atoms with Crippen molar-refractivity contribution in [3.8, 4) is 5.75 Å². The van der Waals surface area contributed by atoms with Crippen molar-refractivity contribution in [2.24, 2.45) is 0 Å². The highest BCUT2D eigenvalue weighted by molar-refractivity contribution is 6.17. The molecule has 0 saturated heterocycles. The molecule has 0 unspecified atom stereocenters. The van der Waals surface area contributed by atoms with Crippen molar-refractivity contribution < 1.29 is 9.47 Å². The van der Waals surface area contributed by atoms with E-state index in [1.807, 2.05) is 18.2 Å². The Balaban J connectivity index is 2.09. The molecule has 1 rings (SSSR count). The molecule has 0 aliphatic rings. The highest BCUT2D eigenvalue weighted by Crippen LogP contribution is 2.13. The molecule has 0 N–H and O–H groups in total. The first kappa shape index (κ1) is 14.3. The average Bonchev–Trinajstić information content (AvgIpc) is 2.38. The highest BCUT2D eigenvalue weighted by Gasteiger charge is 1.96. The van der Waals surface area contributed by atoms with E-state index in [1.165, 1.54) is 12.8 Å². The Labute approximate surface area is 109 Å². The minimum Gasteiger partial charge on any atom is -0.497 e. The van der Waals surface area contributed by atoms with E-state index < -0.39 is 0 Å². The van der Waals surface area contributed by atoms with Gasteiger partial charge in [-0.25, -0.2) is 0 Å². The van der Waals surface area contributed by atoms with E-state index in [0.717, 1.165) is 36.6 Å². The van der Waals surface area contributed by atoms with Crippen molar-refractivity contribution in [1.29, 1.82) is 0 Å². The van der Waals surface area contributed by atoms with Crippen LogP contribution in [0.15, 0.2) is 24.3 Å². The van der Waals surface area contributed by atoms with Gasteiger partial charge in [-0.15, -0.1) is 11.6 Å². The fraction of sp³-hybridized carbons (Fsp3) is 0.571. The Morgan fingerprint density at radius 2 is 1.94 bits per heavy atom. The maximum absolute atomic E-state index is 5.61. The van der Waals surface area contributed by atoms with Crippen LogP contribution in [0.3, 0.4) is 0 Å². The lowest BCUT2D eigenvalue weighted by Crippen LogP contribution is -1.96.